The highest BCUT2D eigenvalue weighted by molar-refractivity contribution is 14.0. The third-order valence-electron chi connectivity index (χ3n) is 5.06. The Kier molecular flexibility index (Phi) is 9.11. The lowest BCUT2D eigenvalue weighted by Gasteiger charge is -2.33. The fraction of sp³-hybridized carbons (Fsp3) is 0.650. The Labute approximate surface area is 174 Å². The van der Waals surface area contributed by atoms with E-state index in [9.17, 15) is 4.39 Å². The molecule has 1 heterocycles. The van der Waals surface area contributed by atoms with Crippen LogP contribution in [0.2, 0.25) is 0 Å². The highest BCUT2D eigenvalue weighted by atomic mass is 127. The Morgan fingerprint density at radius 3 is 2.65 bits per heavy atom. The number of likely N-dealkylation sites (tertiary alicyclic amines) is 1. The average Bonchev–Trinajstić information content (AvgIpc) is 3.45. The Hall–Kier alpha value is -0.890. The molecule has 2 aliphatic rings. The first kappa shape index (κ1) is 21.4. The van der Waals surface area contributed by atoms with Crippen LogP contribution >= 0.6 is 24.0 Å². The van der Waals surface area contributed by atoms with E-state index in [-0.39, 0.29) is 29.8 Å². The van der Waals surface area contributed by atoms with Gasteiger partial charge in [0.15, 0.2) is 5.96 Å². The second-order valence-corrected chi connectivity index (χ2v) is 7.18. The number of hydrogen-bond donors (Lipinski definition) is 2. The summed E-state index contributed by atoms with van der Waals surface area (Å²) in [7, 11) is 0. The average molecular weight is 474 g/mol. The molecular weight excluding hydrogens is 442 g/mol. The molecule has 1 saturated carbocycles. The number of aryl methyl sites for hydroxylation is 1. The molecule has 3 rings (SSSR count). The first-order chi connectivity index (χ1) is 12.2. The molecule has 26 heavy (non-hydrogen) atoms. The van der Waals surface area contributed by atoms with Crippen LogP contribution in [0.4, 0.5) is 4.39 Å². The molecule has 146 valence electrons. The van der Waals surface area contributed by atoms with Gasteiger partial charge in [-0.3, -0.25) is 4.99 Å². The van der Waals surface area contributed by atoms with E-state index in [1.165, 1.54) is 44.8 Å². The van der Waals surface area contributed by atoms with Crippen molar-refractivity contribution in [2.45, 2.75) is 57.5 Å². The number of benzene rings is 1. The maximum absolute atomic E-state index is 13.2. The van der Waals surface area contributed by atoms with Gasteiger partial charge < -0.3 is 15.5 Å². The third kappa shape index (κ3) is 7.02. The molecule has 1 aliphatic carbocycles. The van der Waals surface area contributed by atoms with Crippen LogP contribution in [0.15, 0.2) is 29.3 Å². The smallest absolute Gasteiger partial charge is 0.191 e. The number of hydrogen-bond acceptors (Lipinski definition) is 2. The van der Waals surface area contributed by atoms with Gasteiger partial charge in [0.05, 0.1) is 0 Å². The summed E-state index contributed by atoms with van der Waals surface area (Å²) in [5.74, 6) is 0.764. The van der Waals surface area contributed by atoms with Crippen LogP contribution in [0.1, 0.15) is 44.6 Å². The van der Waals surface area contributed by atoms with Crippen LogP contribution in [0.3, 0.4) is 0 Å². The summed E-state index contributed by atoms with van der Waals surface area (Å²) in [6, 6.07) is 8.25. The summed E-state index contributed by atoms with van der Waals surface area (Å²) >= 11 is 0. The van der Waals surface area contributed by atoms with Gasteiger partial charge in [-0.05, 0) is 63.1 Å². The zero-order valence-corrected chi connectivity index (χ0v) is 18.0. The molecule has 1 aromatic rings. The van der Waals surface area contributed by atoms with E-state index < -0.39 is 0 Å². The van der Waals surface area contributed by atoms with Crippen molar-refractivity contribution in [2.75, 3.05) is 26.2 Å². The molecule has 1 aromatic carbocycles. The van der Waals surface area contributed by atoms with Gasteiger partial charge in [-0.25, -0.2) is 4.39 Å². The highest BCUT2D eigenvalue weighted by Gasteiger charge is 2.31. The number of nitrogens with zero attached hydrogens (tertiary/aromatic N) is 2. The minimum absolute atomic E-state index is 0. The quantitative estimate of drug-likeness (QED) is 0.275. The zero-order valence-electron chi connectivity index (χ0n) is 15.7. The molecule has 1 aliphatic heterocycles. The van der Waals surface area contributed by atoms with Crippen molar-refractivity contribution >= 4 is 29.9 Å². The largest absolute Gasteiger partial charge is 0.357 e. The van der Waals surface area contributed by atoms with Crippen LogP contribution in [0.5, 0.6) is 0 Å². The lowest BCUT2D eigenvalue weighted by Crippen LogP contribution is -2.49. The zero-order chi connectivity index (χ0) is 17.5. The van der Waals surface area contributed by atoms with Gasteiger partial charge in [0.1, 0.15) is 5.82 Å². The van der Waals surface area contributed by atoms with Crippen molar-refractivity contribution in [3.05, 3.63) is 35.6 Å². The monoisotopic (exact) mass is 474 g/mol. The van der Waals surface area contributed by atoms with Crippen molar-refractivity contribution < 1.29 is 4.39 Å². The minimum atomic E-state index is -0.159. The number of rotatable bonds is 7. The molecule has 6 heteroatoms. The summed E-state index contributed by atoms with van der Waals surface area (Å²) in [4.78, 5) is 7.34. The normalized spacial score (nSPS) is 19.1. The SMILES string of the molecule is CCNC(=NCCCc1cccc(F)c1)NC1CCN(C2CC2)CC1.I. The second-order valence-electron chi connectivity index (χ2n) is 7.18. The summed E-state index contributed by atoms with van der Waals surface area (Å²) in [5, 5.41) is 6.95. The molecular formula is C20H32FIN4. The van der Waals surface area contributed by atoms with Gasteiger partial charge in [-0.15, -0.1) is 24.0 Å². The maximum Gasteiger partial charge on any atom is 0.191 e. The molecule has 0 unspecified atom stereocenters. The molecule has 2 fully saturated rings. The highest BCUT2D eigenvalue weighted by Crippen LogP contribution is 2.29. The van der Waals surface area contributed by atoms with E-state index in [1.807, 2.05) is 6.07 Å². The Morgan fingerprint density at radius 1 is 1.23 bits per heavy atom. The summed E-state index contributed by atoms with van der Waals surface area (Å²) in [6.07, 6.45) is 6.98. The fourth-order valence-electron chi connectivity index (χ4n) is 3.53. The Morgan fingerprint density at radius 2 is 2.00 bits per heavy atom. The van der Waals surface area contributed by atoms with Crippen molar-refractivity contribution in [3.63, 3.8) is 0 Å². The van der Waals surface area contributed by atoms with E-state index in [0.717, 1.165) is 43.5 Å². The third-order valence-corrected chi connectivity index (χ3v) is 5.06. The molecule has 1 saturated heterocycles. The number of halogens is 2. The number of aliphatic imine (C=N–C) groups is 1. The first-order valence-corrected chi connectivity index (χ1v) is 9.78. The van der Waals surface area contributed by atoms with Gasteiger partial charge in [-0.2, -0.15) is 0 Å². The predicted octanol–water partition coefficient (Wildman–Crippen LogP) is 3.56. The summed E-state index contributed by atoms with van der Waals surface area (Å²) in [6.45, 7) is 6.14. The second kappa shape index (κ2) is 11.1. The van der Waals surface area contributed by atoms with Crippen molar-refractivity contribution in [1.29, 1.82) is 0 Å². The standard InChI is InChI=1S/C20H31FN4.HI/c1-2-22-20(23-12-4-6-16-5-3-7-17(21)15-16)24-18-10-13-25(14-11-18)19-8-9-19;/h3,5,7,15,18-19H,2,4,6,8-14H2,1H3,(H2,22,23,24);1H. The molecule has 0 spiro atoms. The van der Waals surface area contributed by atoms with Crippen molar-refractivity contribution in [3.8, 4) is 0 Å². The van der Waals surface area contributed by atoms with E-state index in [0.29, 0.717) is 6.04 Å². The minimum Gasteiger partial charge on any atom is -0.357 e. The van der Waals surface area contributed by atoms with Crippen LogP contribution in [0, 0.1) is 5.82 Å². The molecule has 4 nitrogen and oxygen atoms in total. The van der Waals surface area contributed by atoms with Gasteiger partial charge in [0.2, 0.25) is 0 Å². The number of piperidine rings is 1. The lowest BCUT2D eigenvalue weighted by atomic mass is 10.1. The van der Waals surface area contributed by atoms with Gasteiger partial charge in [-0.1, -0.05) is 12.1 Å². The van der Waals surface area contributed by atoms with E-state index in [2.05, 4.69) is 22.5 Å². The van der Waals surface area contributed by atoms with E-state index in [4.69, 9.17) is 4.99 Å². The topological polar surface area (TPSA) is 39.7 Å². The summed E-state index contributed by atoms with van der Waals surface area (Å²) < 4.78 is 13.2. The molecule has 2 N–H and O–H groups in total. The number of guanidine groups is 1. The van der Waals surface area contributed by atoms with Gasteiger partial charge in [0.25, 0.3) is 0 Å². The van der Waals surface area contributed by atoms with Crippen molar-refractivity contribution in [1.82, 2.24) is 15.5 Å². The van der Waals surface area contributed by atoms with Crippen LogP contribution in [-0.4, -0.2) is 49.1 Å². The van der Waals surface area contributed by atoms with Gasteiger partial charge >= 0.3 is 0 Å². The first-order valence-electron chi connectivity index (χ1n) is 9.78. The Bertz CT molecular complexity index is 569. The van der Waals surface area contributed by atoms with E-state index in [1.54, 1.807) is 12.1 Å². The fourth-order valence-corrected chi connectivity index (χ4v) is 3.53. The maximum atomic E-state index is 13.2. The lowest BCUT2D eigenvalue weighted by molar-refractivity contribution is 0.197. The molecule has 0 atom stereocenters. The van der Waals surface area contributed by atoms with Crippen LogP contribution < -0.4 is 10.6 Å². The summed E-state index contributed by atoms with van der Waals surface area (Å²) in [5.41, 5.74) is 1.04. The van der Waals surface area contributed by atoms with E-state index >= 15 is 0 Å². The molecule has 0 radical (unpaired) electrons. The Balaban J connectivity index is 0.00000243. The molecule has 0 amide bonds. The molecule has 0 bridgehead atoms. The van der Waals surface area contributed by atoms with Gasteiger partial charge in [0, 0.05) is 38.3 Å². The number of nitrogens with one attached hydrogen (secondary N) is 2. The van der Waals surface area contributed by atoms with Crippen molar-refractivity contribution in [2.24, 2.45) is 4.99 Å². The predicted molar refractivity (Wildman–Crippen MR) is 117 cm³/mol. The van der Waals surface area contributed by atoms with Crippen LogP contribution in [0.25, 0.3) is 0 Å². The molecule has 0 aromatic heterocycles. The van der Waals surface area contributed by atoms with Crippen LogP contribution in [-0.2, 0) is 6.42 Å².